The molecule has 1 aliphatic carbocycles. The predicted molar refractivity (Wildman–Crippen MR) is 108 cm³/mol. The fourth-order valence-electron chi connectivity index (χ4n) is 3.68. The van der Waals surface area contributed by atoms with Gasteiger partial charge in [-0.1, -0.05) is 12.8 Å². The summed E-state index contributed by atoms with van der Waals surface area (Å²) in [5, 5.41) is 11.9. The number of nitrogens with one attached hydrogen (secondary N) is 2. The molecule has 0 radical (unpaired) electrons. The topological polar surface area (TPSA) is 77.5 Å². The maximum atomic E-state index is 11.0. The van der Waals surface area contributed by atoms with Crippen molar-refractivity contribution >= 4 is 42.6 Å². The van der Waals surface area contributed by atoms with Crippen LogP contribution < -0.4 is 10.8 Å². The van der Waals surface area contributed by atoms with Crippen molar-refractivity contribution in [2.45, 2.75) is 38.1 Å². The average Bonchev–Trinajstić information content (AvgIpc) is 3.26. The third-order valence-electron chi connectivity index (χ3n) is 4.94. The number of halogens is 2. The zero-order valence-electron chi connectivity index (χ0n) is 14.8. The van der Waals surface area contributed by atoms with Crippen molar-refractivity contribution in [2.75, 3.05) is 25.0 Å². The third-order valence-corrected chi connectivity index (χ3v) is 4.94. The molecule has 1 aromatic rings. The van der Waals surface area contributed by atoms with E-state index in [0.717, 1.165) is 30.3 Å². The summed E-state index contributed by atoms with van der Waals surface area (Å²) in [6.45, 7) is 3.52. The zero-order valence-corrected chi connectivity index (χ0v) is 16.4. The standard InChI is InChI=1S/C18H26N4O2.2ClH/c23-18(21-24)8-6-14-5-7-17(19-11-14)20-16-9-10-22(13-16)12-15-3-1-2-4-15;;/h5-8,11,15-16,24H,1-4,9-10,12-13H2,(H,19,20)(H,21,23);2*1H/b8-6+;;/t16-;;/m1../s1. The second-order valence-corrected chi connectivity index (χ2v) is 6.83. The third kappa shape index (κ3) is 6.76. The van der Waals surface area contributed by atoms with Crippen molar-refractivity contribution in [1.82, 2.24) is 15.4 Å². The molecule has 2 fully saturated rings. The zero-order chi connectivity index (χ0) is 16.8. The van der Waals surface area contributed by atoms with Gasteiger partial charge >= 0.3 is 0 Å². The number of carbonyl (C=O) groups excluding carboxylic acids is 1. The Morgan fingerprint density at radius 1 is 1.27 bits per heavy atom. The molecule has 0 aromatic carbocycles. The first-order valence-electron chi connectivity index (χ1n) is 8.80. The highest BCUT2D eigenvalue weighted by Gasteiger charge is 2.26. The van der Waals surface area contributed by atoms with Crippen molar-refractivity contribution in [3.05, 3.63) is 30.0 Å². The SMILES string of the molecule is Cl.Cl.O=C(/C=C/c1ccc(N[C@@H]2CCN(CC3CCCC3)C2)nc1)NO. The van der Waals surface area contributed by atoms with Crippen molar-refractivity contribution in [2.24, 2.45) is 5.92 Å². The Morgan fingerprint density at radius 2 is 2.04 bits per heavy atom. The summed E-state index contributed by atoms with van der Waals surface area (Å²) in [4.78, 5) is 17.9. The Bertz CT molecular complexity index is 577. The van der Waals surface area contributed by atoms with Crippen molar-refractivity contribution in [1.29, 1.82) is 0 Å². The van der Waals surface area contributed by atoms with E-state index in [-0.39, 0.29) is 24.8 Å². The number of hydroxylamine groups is 1. The van der Waals surface area contributed by atoms with E-state index in [4.69, 9.17) is 5.21 Å². The summed E-state index contributed by atoms with van der Waals surface area (Å²) in [7, 11) is 0. The molecular formula is C18H28Cl2N4O2. The Hall–Kier alpha value is -1.34. The first-order valence-corrected chi connectivity index (χ1v) is 8.80. The lowest BCUT2D eigenvalue weighted by molar-refractivity contribution is -0.124. The molecule has 8 heteroatoms. The van der Waals surface area contributed by atoms with Crippen molar-refractivity contribution < 1.29 is 10.0 Å². The molecule has 1 saturated carbocycles. The van der Waals surface area contributed by atoms with Crippen LogP contribution in [0.25, 0.3) is 6.08 Å². The highest BCUT2D eigenvalue weighted by atomic mass is 35.5. The summed E-state index contributed by atoms with van der Waals surface area (Å²) in [6.07, 6.45) is 11.4. The van der Waals surface area contributed by atoms with Gasteiger partial charge in [0.1, 0.15) is 5.82 Å². The van der Waals surface area contributed by atoms with Gasteiger partial charge in [0, 0.05) is 37.9 Å². The summed E-state index contributed by atoms with van der Waals surface area (Å²) >= 11 is 0. The van der Waals surface area contributed by atoms with Gasteiger partial charge in [-0.3, -0.25) is 10.0 Å². The molecule has 26 heavy (non-hydrogen) atoms. The first kappa shape index (κ1) is 22.7. The molecule has 2 heterocycles. The van der Waals surface area contributed by atoms with Crippen LogP contribution in [0, 0.1) is 5.92 Å². The maximum absolute atomic E-state index is 11.0. The number of amides is 1. The van der Waals surface area contributed by atoms with Crippen LogP contribution in [-0.2, 0) is 4.79 Å². The minimum absolute atomic E-state index is 0. The number of anilines is 1. The Morgan fingerprint density at radius 3 is 2.69 bits per heavy atom. The van der Waals surface area contributed by atoms with Crippen molar-refractivity contribution in [3.8, 4) is 0 Å². The highest BCUT2D eigenvalue weighted by Crippen LogP contribution is 2.27. The van der Waals surface area contributed by atoms with Crippen LogP contribution in [0.2, 0.25) is 0 Å². The van der Waals surface area contributed by atoms with E-state index in [1.165, 1.54) is 44.8 Å². The maximum Gasteiger partial charge on any atom is 0.267 e. The molecule has 1 saturated heterocycles. The number of rotatable bonds is 6. The van der Waals surface area contributed by atoms with Crippen LogP contribution in [0.3, 0.4) is 0 Å². The molecule has 3 rings (SSSR count). The van der Waals surface area contributed by atoms with E-state index >= 15 is 0 Å². The van der Waals surface area contributed by atoms with Gasteiger partial charge in [-0.2, -0.15) is 0 Å². The molecule has 1 atom stereocenters. The first-order chi connectivity index (χ1) is 11.7. The smallest absolute Gasteiger partial charge is 0.267 e. The van der Waals surface area contributed by atoms with Crippen LogP contribution in [-0.4, -0.2) is 46.7 Å². The second kappa shape index (κ2) is 11.4. The number of hydrogen-bond acceptors (Lipinski definition) is 5. The molecule has 1 aromatic heterocycles. The summed E-state index contributed by atoms with van der Waals surface area (Å²) in [6, 6.07) is 4.29. The monoisotopic (exact) mass is 402 g/mol. The van der Waals surface area contributed by atoms with Gasteiger partial charge < -0.3 is 10.2 Å². The van der Waals surface area contributed by atoms with E-state index < -0.39 is 5.91 Å². The lowest BCUT2D eigenvalue weighted by Crippen LogP contribution is -2.29. The van der Waals surface area contributed by atoms with Crippen LogP contribution in [0.5, 0.6) is 0 Å². The quantitative estimate of drug-likeness (QED) is 0.387. The number of nitrogens with zero attached hydrogens (tertiary/aromatic N) is 2. The minimum Gasteiger partial charge on any atom is -0.366 e. The molecule has 1 aliphatic heterocycles. The van der Waals surface area contributed by atoms with Gasteiger partial charge in [-0.05, 0) is 49.0 Å². The van der Waals surface area contributed by atoms with Gasteiger partial charge in [0.15, 0.2) is 0 Å². The van der Waals surface area contributed by atoms with E-state index in [2.05, 4.69) is 15.2 Å². The molecular weight excluding hydrogens is 375 g/mol. The number of likely N-dealkylation sites (tertiary alicyclic amines) is 1. The predicted octanol–water partition coefficient (Wildman–Crippen LogP) is 3.12. The molecule has 146 valence electrons. The van der Waals surface area contributed by atoms with Crippen LogP contribution in [0.15, 0.2) is 24.4 Å². The Kier molecular flexibility index (Phi) is 9.94. The van der Waals surface area contributed by atoms with E-state index in [1.54, 1.807) is 17.8 Å². The van der Waals surface area contributed by atoms with Gasteiger partial charge in [-0.25, -0.2) is 10.5 Å². The van der Waals surface area contributed by atoms with E-state index in [9.17, 15) is 4.79 Å². The molecule has 0 spiro atoms. The fraction of sp³-hybridized carbons (Fsp3) is 0.556. The minimum atomic E-state index is -0.550. The second-order valence-electron chi connectivity index (χ2n) is 6.83. The number of carbonyl (C=O) groups is 1. The number of aromatic nitrogens is 1. The van der Waals surface area contributed by atoms with Crippen LogP contribution in [0.1, 0.15) is 37.7 Å². The highest BCUT2D eigenvalue weighted by molar-refractivity contribution is 5.90. The average molecular weight is 403 g/mol. The van der Waals surface area contributed by atoms with Gasteiger partial charge in [-0.15, -0.1) is 24.8 Å². The van der Waals surface area contributed by atoms with Gasteiger partial charge in [0.05, 0.1) is 0 Å². The van der Waals surface area contributed by atoms with Crippen molar-refractivity contribution in [3.63, 3.8) is 0 Å². The molecule has 2 aliphatic rings. The van der Waals surface area contributed by atoms with Crippen LogP contribution >= 0.6 is 24.8 Å². The molecule has 1 amide bonds. The van der Waals surface area contributed by atoms with E-state index in [1.807, 2.05) is 12.1 Å². The normalized spacial score (nSPS) is 20.6. The lowest BCUT2D eigenvalue weighted by atomic mass is 10.1. The molecule has 0 bridgehead atoms. The molecule has 6 nitrogen and oxygen atoms in total. The Balaban J connectivity index is 0.00000169. The van der Waals surface area contributed by atoms with Crippen LogP contribution in [0.4, 0.5) is 5.82 Å². The molecule has 3 N–H and O–H groups in total. The number of pyridine rings is 1. The molecule has 0 unspecified atom stereocenters. The Labute approximate surface area is 167 Å². The van der Waals surface area contributed by atoms with E-state index in [0.29, 0.717) is 6.04 Å². The summed E-state index contributed by atoms with van der Waals surface area (Å²) < 4.78 is 0. The lowest BCUT2D eigenvalue weighted by Gasteiger charge is -2.20. The largest absolute Gasteiger partial charge is 0.366 e. The number of hydrogen-bond donors (Lipinski definition) is 3. The fourth-order valence-corrected chi connectivity index (χ4v) is 3.68. The summed E-state index contributed by atoms with van der Waals surface area (Å²) in [5.41, 5.74) is 2.38. The van der Waals surface area contributed by atoms with Gasteiger partial charge in [0.2, 0.25) is 0 Å². The summed E-state index contributed by atoms with van der Waals surface area (Å²) in [5.74, 6) is 1.22. The van der Waals surface area contributed by atoms with Gasteiger partial charge in [0.25, 0.3) is 5.91 Å².